The van der Waals surface area contributed by atoms with E-state index in [2.05, 4.69) is 15.6 Å². The molecule has 0 fully saturated rings. The molecule has 1 amide bonds. The van der Waals surface area contributed by atoms with Crippen LogP contribution in [-0.2, 0) is 4.79 Å². The van der Waals surface area contributed by atoms with Crippen LogP contribution >= 0.6 is 46.8 Å². The number of carbonyl (C=O) groups excluding carboxylic acids is 1. The van der Waals surface area contributed by atoms with E-state index < -0.39 is 0 Å². The summed E-state index contributed by atoms with van der Waals surface area (Å²) in [5.74, 6) is 0.218. The number of halogens is 2. The van der Waals surface area contributed by atoms with Gasteiger partial charge in [0.1, 0.15) is 5.75 Å². The molecule has 0 bridgehead atoms. The SMILES string of the molecule is COc1cc2sc(NC(=S)NC(=O)/C=C/c3ccc(Cl)cc3)nc2cc1Cl. The molecule has 0 atom stereocenters. The molecule has 0 saturated carbocycles. The topological polar surface area (TPSA) is 63.2 Å². The average Bonchev–Trinajstić information content (AvgIpc) is 3.01. The molecule has 3 aromatic rings. The fourth-order valence-electron chi connectivity index (χ4n) is 2.17. The Hall–Kier alpha value is -2.19. The predicted octanol–water partition coefficient (Wildman–Crippen LogP) is 5.14. The molecule has 2 N–H and O–H groups in total. The molecule has 9 heteroatoms. The van der Waals surface area contributed by atoms with Crippen molar-refractivity contribution in [3.63, 3.8) is 0 Å². The number of rotatable bonds is 4. The van der Waals surface area contributed by atoms with E-state index in [4.69, 9.17) is 40.2 Å². The van der Waals surface area contributed by atoms with Crippen LogP contribution in [0.5, 0.6) is 5.75 Å². The zero-order valence-corrected chi connectivity index (χ0v) is 17.1. The van der Waals surface area contributed by atoms with Crippen LogP contribution < -0.4 is 15.4 Å². The third kappa shape index (κ3) is 5.17. The molecule has 0 unspecified atom stereocenters. The quantitative estimate of drug-likeness (QED) is 0.437. The summed E-state index contributed by atoms with van der Waals surface area (Å²) in [5.41, 5.74) is 1.57. The maximum Gasteiger partial charge on any atom is 0.250 e. The summed E-state index contributed by atoms with van der Waals surface area (Å²) in [6.07, 6.45) is 3.06. The van der Waals surface area contributed by atoms with Crippen LogP contribution in [0.15, 0.2) is 42.5 Å². The number of methoxy groups -OCH3 is 1. The first kappa shape index (κ1) is 19.6. The normalized spacial score (nSPS) is 10.9. The standard InChI is InChI=1S/C18H13Cl2N3O2S2/c1-25-14-9-15-13(8-12(14)20)21-18(27-15)23-17(26)22-16(24)7-4-10-2-5-11(19)6-3-10/h2-9H,1H3,(H2,21,22,23,24,26)/b7-4+. The van der Waals surface area contributed by atoms with Crippen molar-refractivity contribution in [2.75, 3.05) is 12.4 Å². The fraction of sp³-hybridized carbons (Fsp3) is 0.0556. The molecule has 0 saturated heterocycles. The van der Waals surface area contributed by atoms with Gasteiger partial charge in [-0.3, -0.25) is 10.1 Å². The molecule has 0 aliphatic rings. The number of amides is 1. The van der Waals surface area contributed by atoms with Crippen LogP contribution in [0, 0.1) is 0 Å². The van der Waals surface area contributed by atoms with Crippen LogP contribution in [-0.4, -0.2) is 23.1 Å². The van der Waals surface area contributed by atoms with Crippen molar-refractivity contribution >= 4 is 79.2 Å². The highest BCUT2D eigenvalue weighted by atomic mass is 35.5. The molecular formula is C18H13Cl2N3O2S2. The molecule has 0 radical (unpaired) electrons. The maximum atomic E-state index is 12.0. The summed E-state index contributed by atoms with van der Waals surface area (Å²) >= 11 is 18.5. The van der Waals surface area contributed by atoms with Crippen LogP contribution in [0.4, 0.5) is 5.13 Å². The summed E-state index contributed by atoms with van der Waals surface area (Å²) in [6.45, 7) is 0. The molecule has 0 aliphatic carbocycles. The Morgan fingerprint density at radius 3 is 2.70 bits per heavy atom. The third-order valence-corrected chi connectivity index (χ3v) is 5.10. The lowest BCUT2D eigenvalue weighted by atomic mass is 10.2. The van der Waals surface area contributed by atoms with E-state index in [-0.39, 0.29) is 11.0 Å². The maximum absolute atomic E-state index is 12.0. The zero-order valence-electron chi connectivity index (χ0n) is 14.0. The Balaban J connectivity index is 1.62. The Labute approximate surface area is 175 Å². The number of hydrogen-bond acceptors (Lipinski definition) is 5. The predicted molar refractivity (Wildman–Crippen MR) is 116 cm³/mol. The number of benzene rings is 2. The number of anilines is 1. The van der Waals surface area contributed by atoms with Crippen molar-refractivity contribution in [1.82, 2.24) is 10.3 Å². The van der Waals surface area contributed by atoms with Gasteiger partial charge in [-0.15, -0.1) is 0 Å². The van der Waals surface area contributed by atoms with E-state index in [0.717, 1.165) is 10.3 Å². The van der Waals surface area contributed by atoms with E-state index in [9.17, 15) is 4.79 Å². The van der Waals surface area contributed by atoms with Gasteiger partial charge >= 0.3 is 0 Å². The highest BCUT2D eigenvalue weighted by Crippen LogP contribution is 2.34. The number of nitrogens with zero attached hydrogens (tertiary/aromatic N) is 1. The second kappa shape index (κ2) is 8.67. The van der Waals surface area contributed by atoms with Crippen molar-refractivity contribution in [3.8, 4) is 5.75 Å². The Morgan fingerprint density at radius 1 is 1.26 bits per heavy atom. The minimum absolute atomic E-state index is 0.151. The van der Waals surface area contributed by atoms with Gasteiger partial charge < -0.3 is 10.1 Å². The average molecular weight is 438 g/mol. The lowest BCUT2D eigenvalue weighted by Gasteiger charge is -2.04. The number of carbonyl (C=O) groups is 1. The van der Waals surface area contributed by atoms with Gasteiger partial charge in [0, 0.05) is 17.2 Å². The molecule has 2 aromatic carbocycles. The number of nitrogens with one attached hydrogen (secondary N) is 2. The van der Waals surface area contributed by atoms with E-state index in [1.165, 1.54) is 17.4 Å². The number of ether oxygens (including phenoxy) is 1. The summed E-state index contributed by atoms with van der Waals surface area (Å²) < 4.78 is 6.08. The molecule has 27 heavy (non-hydrogen) atoms. The minimum atomic E-state index is -0.353. The number of thiazole rings is 1. The number of fused-ring (bicyclic) bond motifs is 1. The van der Waals surface area contributed by atoms with Gasteiger partial charge in [-0.2, -0.15) is 0 Å². The smallest absolute Gasteiger partial charge is 0.250 e. The third-order valence-electron chi connectivity index (χ3n) is 3.42. The summed E-state index contributed by atoms with van der Waals surface area (Å²) in [6, 6.07) is 10.6. The lowest BCUT2D eigenvalue weighted by molar-refractivity contribution is -0.115. The second-order valence-electron chi connectivity index (χ2n) is 5.30. The highest BCUT2D eigenvalue weighted by molar-refractivity contribution is 7.80. The summed E-state index contributed by atoms with van der Waals surface area (Å²) in [5, 5.41) is 7.28. The van der Waals surface area contributed by atoms with E-state index in [1.807, 2.05) is 12.1 Å². The monoisotopic (exact) mass is 437 g/mol. The van der Waals surface area contributed by atoms with Crippen LogP contribution in [0.2, 0.25) is 10.0 Å². The van der Waals surface area contributed by atoms with E-state index in [1.54, 1.807) is 37.5 Å². The molecule has 0 spiro atoms. The van der Waals surface area contributed by atoms with Crippen molar-refractivity contribution in [3.05, 3.63) is 58.1 Å². The summed E-state index contributed by atoms with van der Waals surface area (Å²) in [7, 11) is 1.55. The van der Waals surface area contributed by atoms with Gasteiger partial charge in [0.2, 0.25) is 5.91 Å². The summed E-state index contributed by atoms with van der Waals surface area (Å²) in [4.78, 5) is 16.4. The molecule has 138 valence electrons. The molecule has 5 nitrogen and oxygen atoms in total. The largest absolute Gasteiger partial charge is 0.495 e. The van der Waals surface area contributed by atoms with Crippen LogP contribution in [0.1, 0.15) is 5.56 Å². The van der Waals surface area contributed by atoms with Crippen molar-refractivity contribution in [2.24, 2.45) is 0 Å². The van der Waals surface area contributed by atoms with E-state index >= 15 is 0 Å². The molecule has 1 aromatic heterocycles. The first-order valence-electron chi connectivity index (χ1n) is 7.64. The van der Waals surface area contributed by atoms with E-state index in [0.29, 0.717) is 26.4 Å². The van der Waals surface area contributed by atoms with Gasteiger partial charge in [0.25, 0.3) is 0 Å². The van der Waals surface area contributed by atoms with Crippen LogP contribution in [0.3, 0.4) is 0 Å². The minimum Gasteiger partial charge on any atom is -0.495 e. The fourth-order valence-corrected chi connectivity index (χ4v) is 3.67. The first-order valence-corrected chi connectivity index (χ1v) is 9.62. The van der Waals surface area contributed by atoms with Gasteiger partial charge in [-0.05, 0) is 42.1 Å². The van der Waals surface area contributed by atoms with Gasteiger partial charge in [0.05, 0.1) is 22.3 Å². The van der Waals surface area contributed by atoms with Gasteiger partial charge in [-0.25, -0.2) is 4.98 Å². The Morgan fingerprint density at radius 2 is 2.00 bits per heavy atom. The van der Waals surface area contributed by atoms with Gasteiger partial charge in [-0.1, -0.05) is 46.7 Å². The van der Waals surface area contributed by atoms with Crippen molar-refractivity contribution < 1.29 is 9.53 Å². The van der Waals surface area contributed by atoms with Crippen molar-refractivity contribution in [2.45, 2.75) is 0 Å². The zero-order chi connectivity index (χ0) is 19.4. The number of thiocarbonyl (C=S) groups is 1. The second-order valence-corrected chi connectivity index (χ2v) is 7.58. The lowest BCUT2D eigenvalue weighted by Crippen LogP contribution is -2.32. The van der Waals surface area contributed by atoms with Crippen molar-refractivity contribution in [1.29, 1.82) is 0 Å². The Kier molecular flexibility index (Phi) is 6.28. The van der Waals surface area contributed by atoms with Crippen LogP contribution in [0.25, 0.3) is 16.3 Å². The first-order chi connectivity index (χ1) is 12.9. The molecule has 1 heterocycles. The Bertz CT molecular complexity index is 1030. The number of hydrogen-bond donors (Lipinski definition) is 2. The van der Waals surface area contributed by atoms with Gasteiger partial charge in [0.15, 0.2) is 10.2 Å². The molecule has 3 rings (SSSR count). The molecular weight excluding hydrogens is 425 g/mol. The number of aromatic nitrogens is 1. The molecule has 0 aliphatic heterocycles. The highest BCUT2D eigenvalue weighted by Gasteiger charge is 2.10.